The van der Waals surface area contributed by atoms with Crippen LogP contribution in [0.25, 0.3) is 0 Å². The molecule has 2 aromatic heterocycles. The summed E-state index contributed by atoms with van der Waals surface area (Å²) < 4.78 is 26.3. The van der Waals surface area contributed by atoms with Crippen molar-refractivity contribution in [2.45, 2.75) is 26.3 Å². The number of sulfonamides is 1. The molecule has 1 amide bonds. The van der Waals surface area contributed by atoms with E-state index in [0.717, 1.165) is 22.4 Å². The van der Waals surface area contributed by atoms with Gasteiger partial charge >= 0.3 is 0 Å². The van der Waals surface area contributed by atoms with E-state index in [1.807, 2.05) is 27.0 Å². The lowest BCUT2D eigenvalue weighted by molar-refractivity contribution is 0.0944. The molecule has 9 heteroatoms. The maximum Gasteiger partial charge on any atom is 0.261 e. The number of hydrogen-bond donors (Lipinski definition) is 2. The summed E-state index contributed by atoms with van der Waals surface area (Å²) in [5.41, 5.74) is 2.00. The van der Waals surface area contributed by atoms with Gasteiger partial charge in [0.05, 0.1) is 23.4 Å². The van der Waals surface area contributed by atoms with Crippen molar-refractivity contribution in [1.82, 2.24) is 19.8 Å². The lowest BCUT2D eigenvalue weighted by atomic mass is 10.1. The van der Waals surface area contributed by atoms with Gasteiger partial charge in [0.1, 0.15) is 0 Å². The number of rotatable bonds is 7. The molecule has 0 aliphatic heterocycles. The molecule has 2 heterocycles. The number of hydrogen-bond acceptors (Lipinski definition) is 5. The molecule has 1 unspecified atom stereocenters. The highest BCUT2D eigenvalue weighted by Crippen LogP contribution is 2.20. The minimum atomic E-state index is -3.19. The van der Waals surface area contributed by atoms with Crippen LogP contribution in [0.1, 0.15) is 38.8 Å². The first-order chi connectivity index (χ1) is 11.2. The van der Waals surface area contributed by atoms with Crippen molar-refractivity contribution in [2.75, 3.05) is 12.8 Å². The Morgan fingerprint density at radius 2 is 2.12 bits per heavy atom. The third-order valence-electron chi connectivity index (χ3n) is 3.71. The topological polar surface area (TPSA) is 93.1 Å². The SMILES string of the molecule is Cc1c(C(C)NC(=O)c2ccc(CCNS(C)(=O)=O)s2)cnn1C. The lowest BCUT2D eigenvalue weighted by Crippen LogP contribution is -2.26. The number of amides is 1. The molecule has 0 bridgehead atoms. The minimum absolute atomic E-state index is 0.136. The molecule has 7 nitrogen and oxygen atoms in total. The summed E-state index contributed by atoms with van der Waals surface area (Å²) in [5, 5.41) is 7.15. The third-order valence-corrected chi connectivity index (χ3v) is 5.58. The van der Waals surface area contributed by atoms with Crippen molar-refractivity contribution in [1.29, 1.82) is 0 Å². The first kappa shape index (κ1) is 18.6. The summed E-state index contributed by atoms with van der Waals surface area (Å²) in [5.74, 6) is -0.141. The second kappa shape index (κ2) is 7.45. The monoisotopic (exact) mass is 370 g/mol. The smallest absolute Gasteiger partial charge is 0.261 e. The van der Waals surface area contributed by atoms with E-state index in [1.54, 1.807) is 16.9 Å². The third kappa shape index (κ3) is 4.89. The molecular formula is C15H22N4O3S2. The number of nitrogens with zero attached hydrogens (tertiary/aromatic N) is 2. The maximum absolute atomic E-state index is 12.4. The van der Waals surface area contributed by atoms with Gasteiger partial charge in [-0.2, -0.15) is 5.10 Å². The molecule has 24 heavy (non-hydrogen) atoms. The lowest BCUT2D eigenvalue weighted by Gasteiger charge is -2.12. The zero-order valence-corrected chi connectivity index (χ0v) is 15.8. The number of nitrogens with one attached hydrogen (secondary N) is 2. The molecule has 0 radical (unpaired) electrons. The Labute approximate surface area is 146 Å². The van der Waals surface area contributed by atoms with Crippen molar-refractivity contribution in [3.8, 4) is 0 Å². The van der Waals surface area contributed by atoms with Gasteiger partial charge in [0.2, 0.25) is 10.0 Å². The summed E-state index contributed by atoms with van der Waals surface area (Å²) in [6.45, 7) is 4.21. The standard InChI is InChI=1S/C15H22N4O3S2/c1-10(13-9-16-19(3)11(13)2)18-15(20)14-6-5-12(23-14)7-8-17-24(4,21)22/h5-6,9-10,17H,7-8H2,1-4H3,(H,18,20). The van der Waals surface area contributed by atoms with Gasteiger partial charge in [0.15, 0.2) is 0 Å². The Morgan fingerprint density at radius 1 is 1.42 bits per heavy atom. The minimum Gasteiger partial charge on any atom is -0.345 e. The van der Waals surface area contributed by atoms with Gasteiger partial charge in [-0.15, -0.1) is 11.3 Å². The quantitative estimate of drug-likeness (QED) is 0.770. The Balaban J connectivity index is 1.94. The fourth-order valence-electron chi connectivity index (χ4n) is 2.28. The van der Waals surface area contributed by atoms with Gasteiger partial charge in [-0.3, -0.25) is 9.48 Å². The Bertz CT molecular complexity index is 824. The fraction of sp³-hybridized carbons (Fsp3) is 0.467. The van der Waals surface area contributed by atoms with Crippen LogP contribution < -0.4 is 10.0 Å². The number of aryl methyl sites for hydroxylation is 1. The highest BCUT2D eigenvalue weighted by molar-refractivity contribution is 7.88. The second-order valence-electron chi connectivity index (χ2n) is 5.69. The van der Waals surface area contributed by atoms with Crippen LogP contribution in [0.3, 0.4) is 0 Å². The van der Waals surface area contributed by atoms with Gasteiger partial charge in [-0.25, -0.2) is 13.1 Å². The van der Waals surface area contributed by atoms with Crippen LogP contribution in [0.2, 0.25) is 0 Å². The van der Waals surface area contributed by atoms with E-state index in [4.69, 9.17) is 0 Å². The van der Waals surface area contributed by atoms with Gasteiger partial charge in [-0.1, -0.05) is 0 Å². The van der Waals surface area contributed by atoms with Gasteiger partial charge < -0.3 is 5.32 Å². The van der Waals surface area contributed by atoms with E-state index in [0.29, 0.717) is 17.8 Å². The van der Waals surface area contributed by atoms with E-state index >= 15 is 0 Å². The largest absolute Gasteiger partial charge is 0.345 e. The van der Waals surface area contributed by atoms with E-state index in [2.05, 4.69) is 15.1 Å². The van der Waals surface area contributed by atoms with Crippen LogP contribution in [-0.2, 0) is 23.5 Å². The molecule has 0 spiro atoms. The van der Waals surface area contributed by atoms with E-state index in [-0.39, 0.29) is 11.9 Å². The average Bonchev–Trinajstić information content (AvgIpc) is 3.06. The first-order valence-electron chi connectivity index (χ1n) is 7.50. The molecule has 2 rings (SSSR count). The summed E-state index contributed by atoms with van der Waals surface area (Å²) in [6, 6.07) is 3.48. The van der Waals surface area contributed by atoms with Gasteiger partial charge in [0, 0.05) is 29.7 Å². The van der Waals surface area contributed by atoms with Crippen LogP contribution >= 0.6 is 11.3 Å². The highest BCUT2D eigenvalue weighted by Gasteiger charge is 2.17. The molecule has 0 aliphatic carbocycles. The van der Waals surface area contributed by atoms with Crippen LogP contribution in [0.15, 0.2) is 18.3 Å². The molecule has 2 aromatic rings. The van der Waals surface area contributed by atoms with Crippen LogP contribution in [0.4, 0.5) is 0 Å². The highest BCUT2D eigenvalue weighted by atomic mass is 32.2. The molecule has 2 N–H and O–H groups in total. The van der Waals surface area contributed by atoms with Crippen molar-refractivity contribution in [2.24, 2.45) is 7.05 Å². The normalized spacial score (nSPS) is 13.0. The summed E-state index contributed by atoms with van der Waals surface area (Å²) in [7, 11) is -1.32. The zero-order chi connectivity index (χ0) is 17.9. The summed E-state index contributed by atoms with van der Waals surface area (Å²) in [6.07, 6.45) is 3.45. The zero-order valence-electron chi connectivity index (χ0n) is 14.2. The number of thiophene rings is 1. The van der Waals surface area contributed by atoms with Crippen molar-refractivity contribution in [3.05, 3.63) is 39.3 Å². The van der Waals surface area contributed by atoms with E-state index < -0.39 is 10.0 Å². The molecule has 0 aromatic carbocycles. The number of carbonyl (C=O) groups is 1. The van der Waals surface area contributed by atoms with Crippen LogP contribution in [-0.4, -0.2) is 36.9 Å². The predicted octanol–water partition coefficient (Wildman–Crippen LogP) is 1.37. The molecule has 0 saturated carbocycles. The van der Waals surface area contributed by atoms with Crippen LogP contribution in [0, 0.1) is 6.92 Å². The number of carbonyl (C=O) groups excluding carboxylic acids is 1. The Hall–Kier alpha value is -1.71. The second-order valence-corrected chi connectivity index (χ2v) is 8.69. The van der Waals surface area contributed by atoms with Gasteiger partial charge in [0.25, 0.3) is 5.91 Å². The van der Waals surface area contributed by atoms with Crippen molar-refractivity contribution < 1.29 is 13.2 Å². The fourth-order valence-corrected chi connectivity index (χ4v) is 3.66. The maximum atomic E-state index is 12.4. The molecule has 0 fully saturated rings. The Morgan fingerprint density at radius 3 is 2.71 bits per heavy atom. The van der Waals surface area contributed by atoms with Gasteiger partial charge in [-0.05, 0) is 32.4 Å². The number of aromatic nitrogens is 2. The van der Waals surface area contributed by atoms with Crippen LogP contribution in [0.5, 0.6) is 0 Å². The van der Waals surface area contributed by atoms with E-state index in [1.165, 1.54) is 11.3 Å². The molecule has 132 valence electrons. The molecule has 1 atom stereocenters. The molecular weight excluding hydrogens is 348 g/mol. The van der Waals surface area contributed by atoms with Crippen molar-refractivity contribution in [3.63, 3.8) is 0 Å². The van der Waals surface area contributed by atoms with E-state index in [9.17, 15) is 13.2 Å². The summed E-state index contributed by atoms with van der Waals surface area (Å²) in [4.78, 5) is 13.9. The Kier molecular flexibility index (Phi) is 5.79. The average molecular weight is 371 g/mol. The predicted molar refractivity (Wildman–Crippen MR) is 94.7 cm³/mol. The first-order valence-corrected chi connectivity index (χ1v) is 10.2. The summed E-state index contributed by atoms with van der Waals surface area (Å²) >= 11 is 1.37. The molecule has 0 saturated heterocycles. The molecule has 0 aliphatic rings. The van der Waals surface area contributed by atoms with Crippen molar-refractivity contribution >= 4 is 27.3 Å².